The van der Waals surface area contributed by atoms with Crippen LogP contribution in [-0.4, -0.2) is 21.1 Å². The minimum absolute atomic E-state index is 0.155. The maximum Gasteiger partial charge on any atom is 0.257 e. The van der Waals surface area contributed by atoms with Crippen LogP contribution in [-0.2, 0) is 6.54 Å². The van der Waals surface area contributed by atoms with Crippen LogP contribution >= 0.6 is 0 Å². The first kappa shape index (κ1) is 14.3. The van der Waals surface area contributed by atoms with E-state index in [1.807, 2.05) is 47.4 Å². The number of hydrogen-bond acceptors (Lipinski definition) is 5. The third kappa shape index (κ3) is 2.58. The summed E-state index contributed by atoms with van der Waals surface area (Å²) >= 11 is 0. The molecule has 118 valence electrons. The molecule has 0 radical (unpaired) electrons. The summed E-state index contributed by atoms with van der Waals surface area (Å²) in [5.41, 5.74) is 2.55. The van der Waals surface area contributed by atoms with Gasteiger partial charge in [-0.2, -0.15) is 5.10 Å². The summed E-state index contributed by atoms with van der Waals surface area (Å²) in [5.74, 6) is 0.428. The number of hydrogen-bond donors (Lipinski definition) is 1. The average molecular weight is 317 g/mol. The molecule has 0 spiro atoms. The summed E-state index contributed by atoms with van der Waals surface area (Å²) in [6, 6.07) is 15.6. The number of pyridine rings is 1. The average Bonchev–Trinajstić information content (AvgIpc) is 2.65. The van der Waals surface area contributed by atoms with E-state index in [0.29, 0.717) is 17.9 Å². The van der Waals surface area contributed by atoms with Crippen LogP contribution in [0.2, 0.25) is 0 Å². The third-order valence-corrected chi connectivity index (χ3v) is 3.99. The molecular formula is C18H15N5O. The number of carbonyl (C=O) groups is 1. The molecule has 1 unspecified atom stereocenters. The van der Waals surface area contributed by atoms with Gasteiger partial charge in [0, 0.05) is 24.5 Å². The standard InChI is InChI=1S/C18H15N5O/c24-18-15-8-10-20-22-17(15)23(12-13-5-2-1-3-6-13)16(21-18)14-7-4-9-19-11-14/h1-11,16H,12H2,(H,21,24). The van der Waals surface area contributed by atoms with Crippen LogP contribution < -0.4 is 10.2 Å². The van der Waals surface area contributed by atoms with Crippen molar-refractivity contribution < 1.29 is 4.79 Å². The number of amides is 1. The molecule has 1 atom stereocenters. The van der Waals surface area contributed by atoms with Crippen molar-refractivity contribution in [2.45, 2.75) is 12.7 Å². The van der Waals surface area contributed by atoms with Gasteiger partial charge in [-0.1, -0.05) is 36.4 Å². The molecule has 24 heavy (non-hydrogen) atoms. The Morgan fingerprint density at radius 3 is 2.71 bits per heavy atom. The van der Waals surface area contributed by atoms with Crippen molar-refractivity contribution in [2.75, 3.05) is 4.90 Å². The van der Waals surface area contributed by atoms with Gasteiger partial charge in [-0.15, -0.1) is 5.10 Å². The molecule has 6 heteroatoms. The van der Waals surface area contributed by atoms with Gasteiger partial charge in [0.25, 0.3) is 5.91 Å². The lowest BCUT2D eigenvalue weighted by Gasteiger charge is -2.37. The molecule has 6 nitrogen and oxygen atoms in total. The second-order valence-electron chi connectivity index (χ2n) is 5.54. The van der Waals surface area contributed by atoms with Gasteiger partial charge >= 0.3 is 0 Å². The van der Waals surface area contributed by atoms with E-state index in [9.17, 15) is 4.79 Å². The molecule has 4 rings (SSSR count). The molecule has 3 heterocycles. The summed E-state index contributed by atoms with van der Waals surface area (Å²) in [7, 11) is 0. The summed E-state index contributed by atoms with van der Waals surface area (Å²) in [4.78, 5) is 18.6. The largest absolute Gasteiger partial charge is 0.328 e. The predicted octanol–water partition coefficient (Wildman–Crippen LogP) is 2.32. The molecule has 0 bridgehead atoms. The SMILES string of the molecule is O=C1NC(c2cccnc2)N(Cc2ccccc2)c2nnccc21. The van der Waals surface area contributed by atoms with Gasteiger partial charge in [-0.3, -0.25) is 9.78 Å². The fourth-order valence-corrected chi connectivity index (χ4v) is 2.86. The first-order chi connectivity index (χ1) is 11.8. The van der Waals surface area contributed by atoms with Crippen LogP contribution in [0.3, 0.4) is 0 Å². The molecule has 2 aromatic heterocycles. The second kappa shape index (κ2) is 6.08. The maximum atomic E-state index is 12.4. The number of aromatic nitrogens is 3. The molecule has 0 fully saturated rings. The van der Waals surface area contributed by atoms with E-state index in [1.54, 1.807) is 18.5 Å². The summed E-state index contributed by atoms with van der Waals surface area (Å²) < 4.78 is 0. The molecule has 1 amide bonds. The number of nitrogens with one attached hydrogen (secondary N) is 1. The lowest BCUT2D eigenvalue weighted by Crippen LogP contribution is -2.46. The van der Waals surface area contributed by atoms with E-state index in [0.717, 1.165) is 11.1 Å². The molecular weight excluding hydrogens is 302 g/mol. The Morgan fingerprint density at radius 1 is 1.04 bits per heavy atom. The van der Waals surface area contributed by atoms with Crippen molar-refractivity contribution in [3.05, 3.63) is 83.8 Å². The lowest BCUT2D eigenvalue weighted by atomic mass is 10.1. The van der Waals surface area contributed by atoms with E-state index in [1.165, 1.54) is 6.20 Å². The number of rotatable bonds is 3. The molecule has 0 aliphatic carbocycles. The molecule has 1 aliphatic rings. The van der Waals surface area contributed by atoms with Crippen molar-refractivity contribution >= 4 is 11.7 Å². The normalized spacial score (nSPS) is 16.4. The van der Waals surface area contributed by atoms with E-state index in [2.05, 4.69) is 20.5 Å². The summed E-state index contributed by atoms with van der Waals surface area (Å²) in [5, 5.41) is 11.2. The van der Waals surface area contributed by atoms with Crippen LogP contribution in [0, 0.1) is 0 Å². The van der Waals surface area contributed by atoms with Crippen molar-refractivity contribution in [1.82, 2.24) is 20.5 Å². The highest BCUT2D eigenvalue weighted by molar-refractivity contribution is 6.00. The Kier molecular flexibility index (Phi) is 3.63. The fourth-order valence-electron chi connectivity index (χ4n) is 2.86. The summed E-state index contributed by atoms with van der Waals surface area (Å²) in [6.45, 7) is 0.604. The van der Waals surface area contributed by atoms with Crippen LogP contribution in [0.1, 0.15) is 27.7 Å². The number of carbonyl (C=O) groups excluding carboxylic acids is 1. The first-order valence-electron chi connectivity index (χ1n) is 7.66. The van der Waals surface area contributed by atoms with Gasteiger partial charge in [0.05, 0.1) is 11.8 Å². The van der Waals surface area contributed by atoms with E-state index < -0.39 is 0 Å². The highest BCUT2D eigenvalue weighted by Crippen LogP contribution is 2.31. The fraction of sp³-hybridized carbons (Fsp3) is 0.111. The molecule has 1 aromatic carbocycles. The van der Waals surface area contributed by atoms with Gasteiger partial charge in [0.15, 0.2) is 5.82 Å². The molecule has 3 aromatic rings. The predicted molar refractivity (Wildman–Crippen MR) is 89.1 cm³/mol. The lowest BCUT2D eigenvalue weighted by molar-refractivity contribution is 0.0924. The second-order valence-corrected chi connectivity index (χ2v) is 5.54. The molecule has 0 saturated carbocycles. The van der Waals surface area contributed by atoms with Gasteiger partial charge in [-0.25, -0.2) is 0 Å². The van der Waals surface area contributed by atoms with Gasteiger partial charge in [0.1, 0.15) is 6.17 Å². The minimum atomic E-state index is -0.337. The maximum absolute atomic E-state index is 12.4. The first-order valence-corrected chi connectivity index (χ1v) is 7.66. The van der Waals surface area contributed by atoms with Crippen molar-refractivity contribution in [3.63, 3.8) is 0 Å². The zero-order valence-corrected chi connectivity index (χ0v) is 12.8. The molecule has 1 N–H and O–H groups in total. The van der Waals surface area contributed by atoms with Crippen LogP contribution in [0.4, 0.5) is 5.82 Å². The van der Waals surface area contributed by atoms with Crippen molar-refractivity contribution in [2.24, 2.45) is 0 Å². The number of fused-ring (bicyclic) bond motifs is 1. The number of benzene rings is 1. The summed E-state index contributed by atoms with van der Waals surface area (Å²) in [6.07, 6.45) is 4.66. The topological polar surface area (TPSA) is 71.0 Å². The number of nitrogens with zero attached hydrogens (tertiary/aromatic N) is 4. The van der Waals surface area contributed by atoms with E-state index in [-0.39, 0.29) is 12.1 Å². The highest BCUT2D eigenvalue weighted by Gasteiger charge is 2.33. The van der Waals surface area contributed by atoms with Crippen LogP contribution in [0.5, 0.6) is 0 Å². The number of anilines is 1. The monoisotopic (exact) mass is 317 g/mol. The van der Waals surface area contributed by atoms with Gasteiger partial charge in [-0.05, 0) is 17.7 Å². The highest BCUT2D eigenvalue weighted by atomic mass is 16.2. The Balaban J connectivity index is 1.79. The van der Waals surface area contributed by atoms with Gasteiger partial charge < -0.3 is 10.2 Å². The van der Waals surface area contributed by atoms with E-state index in [4.69, 9.17) is 0 Å². The molecule has 1 aliphatic heterocycles. The Morgan fingerprint density at radius 2 is 1.92 bits per heavy atom. The van der Waals surface area contributed by atoms with Gasteiger partial charge in [0.2, 0.25) is 0 Å². The Bertz CT molecular complexity index is 854. The smallest absolute Gasteiger partial charge is 0.257 e. The quantitative estimate of drug-likeness (QED) is 0.803. The van der Waals surface area contributed by atoms with Crippen LogP contribution in [0.25, 0.3) is 0 Å². The van der Waals surface area contributed by atoms with Crippen LogP contribution in [0.15, 0.2) is 67.1 Å². The zero-order valence-electron chi connectivity index (χ0n) is 12.8. The van der Waals surface area contributed by atoms with Crippen molar-refractivity contribution in [3.8, 4) is 0 Å². The zero-order chi connectivity index (χ0) is 16.4. The minimum Gasteiger partial charge on any atom is -0.328 e. The Labute approximate surface area is 139 Å². The molecule has 0 saturated heterocycles. The van der Waals surface area contributed by atoms with E-state index >= 15 is 0 Å². The third-order valence-electron chi connectivity index (χ3n) is 3.99. The van der Waals surface area contributed by atoms with Crippen molar-refractivity contribution in [1.29, 1.82) is 0 Å². The Hall–Kier alpha value is -3.28.